The normalized spacial score (nSPS) is 12.5. The van der Waals surface area contributed by atoms with Crippen molar-refractivity contribution >= 4 is 35.3 Å². The number of carbonyl (C=O) groups is 4. The first-order valence-electron chi connectivity index (χ1n) is 13.8. The molecule has 0 aromatic heterocycles. The molecule has 0 saturated carbocycles. The lowest BCUT2D eigenvalue weighted by atomic mass is 9.80. The molecule has 9 N–H and O–H groups in total. The van der Waals surface area contributed by atoms with Gasteiger partial charge in [-0.25, -0.2) is 10.5 Å². The van der Waals surface area contributed by atoms with E-state index in [0.29, 0.717) is 24.9 Å². The standard InChI is InChI=1S/C28H40N6O4.C2H4O2/c1-18(2)16-23(22(26(36)34-38)11-7-10-19-8-5-4-6-9-19)25(35)33-24(27(37)31-3)17-20-12-14-21(15-13-20)32-28(29)30;1-2(3)4/h4-6,8-9,12-15,18,22-24,38H,7,10-11,16-17H2,1-3H3,(H,31,37)(H,33,35)(H,34,36)(H4,29,30,32);1H3,(H,3,4). The van der Waals surface area contributed by atoms with Crippen LogP contribution in [0.4, 0.5) is 5.69 Å². The van der Waals surface area contributed by atoms with Crippen LogP contribution in [0.3, 0.4) is 0 Å². The van der Waals surface area contributed by atoms with Gasteiger partial charge in [0.25, 0.3) is 5.97 Å². The van der Waals surface area contributed by atoms with Crippen molar-refractivity contribution in [2.75, 3.05) is 7.05 Å². The van der Waals surface area contributed by atoms with Crippen molar-refractivity contribution in [3.63, 3.8) is 0 Å². The average Bonchev–Trinajstić information content (AvgIpc) is 2.94. The molecule has 12 nitrogen and oxygen atoms in total. The third kappa shape index (κ3) is 13.8. The second kappa shape index (κ2) is 18.8. The number of rotatable bonds is 14. The molecule has 3 unspecified atom stereocenters. The number of nitrogens with zero attached hydrogens (tertiary/aromatic N) is 1. The molecule has 0 aliphatic heterocycles. The monoisotopic (exact) mass is 584 g/mol. The Morgan fingerprint density at radius 3 is 1.98 bits per heavy atom. The number of guanidine groups is 1. The number of nitrogens with two attached hydrogens (primary N) is 2. The van der Waals surface area contributed by atoms with Gasteiger partial charge >= 0.3 is 0 Å². The van der Waals surface area contributed by atoms with Crippen LogP contribution in [0.25, 0.3) is 0 Å². The van der Waals surface area contributed by atoms with E-state index in [1.165, 1.54) is 7.05 Å². The molecule has 2 aromatic rings. The molecule has 0 spiro atoms. The van der Waals surface area contributed by atoms with Crippen molar-refractivity contribution in [1.29, 1.82) is 0 Å². The number of carboxylic acid groups (broad SMARTS) is 1. The van der Waals surface area contributed by atoms with E-state index < -0.39 is 35.7 Å². The molecular weight excluding hydrogens is 540 g/mol. The minimum Gasteiger partial charge on any atom is -0.481 e. The van der Waals surface area contributed by atoms with E-state index in [1.807, 2.05) is 44.2 Å². The van der Waals surface area contributed by atoms with E-state index in [-0.39, 0.29) is 24.2 Å². The van der Waals surface area contributed by atoms with E-state index in [4.69, 9.17) is 21.4 Å². The van der Waals surface area contributed by atoms with Gasteiger partial charge in [-0.3, -0.25) is 24.4 Å². The number of aliphatic imine (C=N–C) groups is 1. The fourth-order valence-corrected chi connectivity index (χ4v) is 4.48. The molecule has 2 aromatic carbocycles. The molecule has 42 heavy (non-hydrogen) atoms. The van der Waals surface area contributed by atoms with Gasteiger partial charge in [-0.15, -0.1) is 0 Å². The molecule has 12 heteroatoms. The number of hydrogen-bond donors (Lipinski definition) is 7. The lowest BCUT2D eigenvalue weighted by Gasteiger charge is -2.28. The Bertz CT molecular complexity index is 1160. The van der Waals surface area contributed by atoms with Crippen LogP contribution in [-0.2, 0) is 32.0 Å². The van der Waals surface area contributed by atoms with E-state index in [1.54, 1.807) is 29.7 Å². The zero-order valence-electron chi connectivity index (χ0n) is 24.7. The molecule has 0 radical (unpaired) electrons. The first kappa shape index (κ1) is 35.6. The Labute approximate surface area is 246 Å². The first-order valence-corrected chi connectivity index (χ1v) is 13.8. The van der Waals surface area contributed by atoms with Crippen LogP contribution in [0.2, 0.25) is 0 Å². The Kier molecular flexibility index (Phi) is 15.9. The van der Waals surface area contributed by atoms with Gasteiger partial charge < -0.3 is 27.2 Å². The first-order chi connectivity index (χ1) is 19.9. The lowest BCUT2D eigenvalue weighted by molar-refractivity contribution is -0.142. The molecule has 0 heterocycles. The van der Waals surface area contributed by atoms with Crippen LogP contribution < -0.4 is 27.6 Å². The van der Waals surface area contributed by atoms with E-state index in [2.05, 4.69) is 15.6 Å². The van der Waals surface area contributed by atoms with Crippen LogP contribution in [0.15, 0.2) is 59.6 Å². The summed E-state index contributed by atoms with van der Waals surface area (Å²) in [5.41, 5.74) is 15.1. The summed E-state index contributed by atoms with van der Waals surface area (Å²) in [6.45, 7) is 5.01. The number of hydroxylamine groups is 1. The number of aryl methyl sites for hydroxylation is 1. The number of carbonyl (C=O) groups excluding carboxylic acids is 3. The summed E-state index contributed by atoms with van der Waals surface area (Å²) in [6, 6.07) is 16.0. The molecule has 3 atom stereocenters. The van der Waals surface area contributed by atoms with Gasteiger partial charge in [0, 0.05) is 26.3 Å². The zero-order valence-corrected chi connectivity index (χ0v) is 24.7. The highest BCUT2D eigenvalue weighted by molar-refractivity contribution is 5.91. The maximum absolute atomic E-state index is 13.6. The van der Waals surface area contributed by atoms with Crippen molar-refractivity contribution in [1.82, 2.24) is 16.1 Å². The number of carboxylic acids is 1. The van der Waals surface area contributed by atoms with Gasteiger partial charge in [0.15, 0.2) is 5.96 Å². The highest BCUT2D eigenvalue weighted by Crippen LogP contribution is 2.27. The molecule has 0 saturated heterocycles. The number of amides is 3. The molecular formula is C30H44N6O6. The molecule has 2 rings (SSSR count). The quantitative estimate of drug-likeness (QED) is 0.0756. The summed E-state index contributed by atoms with van der Waals surface area (Å²) in [4.78, 5) is 52.0. The van der Waals surface area contributed by atoms with Crippen LogP contribution >= 0.6 is 0 Å². The molecule has 0 bridgehead atoms. The Hall–Kier alpha value is -4.45. The Morgan fingerprint density at radius 2 is 1.48 bits per heavy atom. The summed E-state index contributed by atoms with van der Waals surface area (Å²) in [5, 5.41) is 22.3. The second-order valence-electron chi connectivity index (χ2n) is 10.3. The summed E-state index contributed by atoms with van der Waals surface area (Å²) < 4.78 is 0. The molecule has 3 amide bonds. The largest absolute Gasteiger partial charge is 0.481 e. The maximum Gasteiger partial charge on any atom is 0.300 e. The smallest absolute Gasteiger partial charge is 0.300 e. The summed E-state index contributed by atoms with van der Waals surface area (Å²) in [5.74, 6) is -3.64. The van der Waals surface area contributed by atoms with Gasteiger partial charge in [0.2, 0.25) is 17.7 Å². The van der Waals surface area contributed by atoms with Crippen molar-refractivity contribution in [3.05, 3.63) is 65.7 Å². The van der Waals surface area contributed by atoms with Crippen molar-refractivity contribution in [2.24, 2.45) is 34.2 Å². The second-order valence-corrected chi connectivity index (χ2v) is 10.3. The minimum atomic E-state index is -0.863. The number of hydrogen-bond acceptors (Lipinski definition) is 6. The third-order valence-electron chi connectivity index (χ3n) is 6.33. The predicted octanol–water partition coefficient (Wildman–Crippen LogP) is 2.26. The minimum absolute atomic E-state index is 0.0605. The fraction of sp³-hybridized carbons (Fsp3) is 0.433. The molecule has 0 fully saturated rings. The van der Waals surface area contributed by atoms with Crippen LogP contribution in [0.5, 0.6) is 0 Å². The third-order valence-corrected chi connectivity index (χ3v) is 6.33. The van der Waals surface area contributed by atoms with E-state index in [0.717, 1.165) is 24.5 Å². The number of benzene rings is 2. The SMILES string of the molecule is CC(=O)O.CNC(=O)C(Cc1ccc(N=C(N)N)cc1)NC(=O)C(CC(C)C)C(CCCc1ccccc1)C(=O)NO. The van der Waals surface area contributed by atoms with Crippen LogP contribution in [0, 0.1) is 17.8 Å². The average molecular weight is 585 g/mol. The highest BCUT2D eigenvalue weighted by Gasteiger charge is 2.35. The Balaban J connectivity index is 0.00000206. The summed E-state index contributed by atoms with van der Waals surface area (Å²) in [7, 11) is 1.50. The molecule has 0 aliphatic carbocycles. The number of nitrogens with one attached hydrogen (secondary N) is 3. The predicted molar refractivity (Wildman–Crippen MR) is 161 cm³/mol. The van der Waals surface area contributed by atoms with Crippen LogP contribution in [-0.4, -0.2) is 53.1 Å². The summed E-state index contributed by atoms with van der Waals surface area (Å²) in [6.07, 6.45) is 2.45. The van der Waals surface area contributed by atoms with Gasteiger partial charge in [-0.1, -0.05) is 56.3 Å². The lowest BCUT2D eigenvalue weighted by Crippen LogP contribution is -2.51. The number of aliphatic carboxylic acids is 1. The van der Waals surface area contributed by atoms with Gasteiger partial charge in [0.1, 0.15) is 6.04 Å². The molecule has 230 valence electrons. The van der Waals surface area contributed by atoms with Gasteiger partial charge in [-0.05, 0) is 54.9 Å². The van der Waals surface area contributed by atoms with Gasteiger partial charge in [0.05, 0.1) is 11.6 Å². The van der Waals surface area contributed by atoms with Crippen molar-refractivity contribution in [3.8, 4) is 0 Å². The maximum atomic E-state index is 13.6. The van der Waals surface area contributed by atoms with Gasteiger partial charge in [-0.2, -0.15) is 0 Å². The van der Waals surface area contributed by atoms with E-state index >= 15 is 0 Å². The number of likely N-dealkylation sites (N-methyl/N-ethyl adjacent to an activating group) is 1. The Morgan fingerprint density at radius 1 is 0.881 bits per heavy atom. The topological polar surface area (TPSA) is 209 Å². The van der Waals surface area contributed by atoms with Crippen molar-refractivity contribution < 1.29 is 29.5 Å². The summed E-state index contributed by atoms with van der Waals surface area (Å²) >= 11 is 0. The molecule has 0 aliphatic rings. The van der Waals surface area contributed by atoms with Crippen molar-refractivity contribution in [2.45, 2.75) is 58.9 Å². The fourth-order valence-electron chi connectivity index (χ4n) is 4.48. The zero-order chi connectivity index (χ0) is 31.7. The van der Waals surface area contributed by atoms with E-state index in [9.17, 15) is 19.6 Å². The van der Waals surface area contributed by atoms with Crippen LogP contribution in [0.1, 0.15) is 51.2 Å². The highest BCUT2D eigenvalue weighted by atomic mass is 16.5.